The SMILES string of the molecule is CC[C@@H](C)NC(=O)[C@@H](Cc1ccccc1)N(Cc1cccc(Br)c1)C(=O)COc1cc(C)cc(C)c1. The molecule has 5 nitrogen and oxygen atoms in total. The maximum absolute atomic E-state index is 13.7. The summed E-state index contributed by atoms with van der Waals surface area (Å²) in [6.07, 6.45) is 1.21. The first-order chi connectivity index (χ1) is 17.2. The molecule has 0 unspecified atom stereocenters. The van der Waals surface area contributed by atoms with Crippen molar-refractivity contribution in [3.8, 4) is 5.75 Å². The zero-order valence-corrected chi connectivity index (χ0v) is 23.0. The third-order valence-electron chi connectivity index (χ3n) is 6.07. The van der Waals surface area contributed by atoms with Gasteiger partial charge < -0.3 is 15.0 Å². The molecule has 0 aliphatic heterocycles. The molecule has 0 radical (unpaired) electrons. The monoisotopic (exact) mass is 550 g/mol. The molecule has 3 rings (SSSR count). The van der Waals surface area contributed by atoms with E-state index in [0.717, 1.165) is 33.1 Å². The van der Waals surface area contributed by atoms with E-state index in [2.05, 4.69) is 27.3 Å². The van der Waals surface area contributed by atoms with E-state index in [9.17, 15) is 9.59 Å². The van der Waals surface area contributed by atoms with Gasteiger partial charge in [0.05, 0.1) is 0 Å². The summed E-state index contributed by atoms with van der Waals surface area (Å²) >= 11 is 3.52. The second-order valence-electron chi connectivity index (χ2n) is 9.29. The molecule has 6 heteroatoms. The highest BCUT2D eigenvalue weighted by atomic mass is 79.9. The molecule has 0 aliphatic rings. The molecule has 3 aromatic carbocycles. The van der Waals surface area contributed by atoms with Gasteiger partial charge in [0, 0.05) is 23.5 Å². The Labute approximate surface area is 223 Å². The number of rotatable bonds is 11. The van der Waals surface area contributed by atoms with Crippen LogP contribution in [0.3, 0.4) is 0 Å². The zero-order chi connectivity index (χ0) is 26.1. The van der Waals surface area contributed by atoms with Gasteiger partial charge in [0.1, 0.15) is 11.8 Å². The average molecular weight is 552 g/mol. The Bertz CT molecular complexity index is 1150. The molecule has 2 amide bonds. The van der Waals surface area contributed by atoms with Crippen LogP contribution >= 0.6 is 15.9 Å². The van der Waals surface area contributed by atoms with Crippen LogP contribution in [0.4, 0.5) is 0 Å². The van der Waals surface area contributed by atoms with Crippen molar-refractivity contribution in [3.63, 3.8) is 0 Å². The maximum Gasteiger partial charge on any atom is 0.261 e. The van der Waals surface area contributed by atoms with E-state index in [4.69, 9.17) is 4.74 Å². The standard InChI is InChI=1S/C30H35BrN2O3/c1-5-23(4)32-30(35)28(18-24-10-7-6-8-11-24)33(19-25-12-9-13-26(31)17-25)29(34)20-36-27-15-21(2)14-22(3)16-27/h6-17,23,28H,5,18-20H2,1-4H3,(H,32,35)/t23-,28-/m1/s1. The topological polar surface area (TPSA) is 58.6 Å². The van der Waals surface area contributed by atoms with Crippen molar-refractivity contribution in [3.05, 3.63) is 99.5 Å². The Morgan fingerprint density at radius 3 is 2.25 bits per heavy atom. The fourth-order valence-corrected chi connectivity index (χ4v) is 4.52. The summed E-state index contributed by atoms with van der Waals surface area (Å²) in [5, 5.41) is 3.09. The molecular formula is C30H35BrN2O3. The van der Waals surface area contributed by atoms with Gasteiger partial charge in [-0.25, -0.2) is 0 Å². The summed E-state index contributed by atoms with van der Waals surface area (Å²) in [5.74, 6) is 0.240. The summed E-state index contributed by atoms with van der Waals surface area (Å²) in [7, 11) is 0. The number of carbonyl (C=O) groups is 2. The van der Waals surface area contributed by atoms with Crippen LogP contribution in [0.1, 0.15) is 42.5 Å². The van der Waals surface area contributed by atoms with Crippen LogP contribution < -0.4 is 10.1 Å². The van der Waals surface area contributed by atoms with E-state index >= 15 is 0 Å². The van der Waals surface area contributed by atoms with Crippen LogP contribution in [0, 0.1) is 13.8 Å². The number of aryl methyl sites for hydroxylation is 2. The van der Waals surface area contributed by atoms with Crippen LogP contribution in [0.5, 0.6) is 5.75 Å². The van der Waals surface area contributed by atoms with Crippen LogP contribution in [-0.2, 0) is 22.6 Å². The van der Waals surface area contributed by atoms with Gasteiger partial charge in [-0.15, -0.1) is 0 Å². The van der Waals surface area contributed by atoms with Crippen molar-refractivity contribution < 1.29 is 14.3 Å². The average Bonchev–Trinajstić information content (AvgIpc) is 2.84. The molecule has 0 saturated heterocycles. The first kappa shape index (κ1) is 27.5. The summed E-state index contributed by atoms with van der Waals surface area (Å²) in [6.45, 7) is 8.13. The largest absolute Gasteiger partial charge is 0.484 e. The van der Waals surface area contributed by atoms with Gasteiger partial charge in [-0.2, -0.15) is 0 Å². The maximum atomic E-state index is 13.7. The van der Waals surface area contributed by atoms with Gasteiger partial charge in [-0.3, -0.25) is 9.59 Å². The van der Waals surface area contributed by atoms with Crippen LogP contribution in [0.15, 0.2) is 77.3 Å². The number of halogens is 1. The number of carbonyl (C=O) groups excluding carboxylic acids is 2. The number of benzene rings is 3. The van der Waals surface area contributed by atoms with E-state index in [0.29, 0.717) is 18.7 Å². The Kier molecular flexibility index (Phi) is 10.1. The third kappa shape index (κ3) is 8.23. The summed E-state index contributed by atoms with van der Waals surface area (Å²) < 4.78 is 6.84. The minimum absolute atomic E-state index is 0.00474. The molecule has 0 aromatic heterocycles. The van der Waals surface area contributed by atoms with Gasteiger partial charge in [-0.05, 0) is 73.7 Å². The van der Waals surface area contributed by atoms with Crippen molar-refractivity contribution in [2.24, 2.45) is 0 Å². The lowest BCUT2D eigenvalue weighted by atomic mass is 10.0. The molecular weight excluding hydrogens is 516 g/mol. The van der Waals surface area contributed by atoms with Crippen LogP contribution in [-0.4, -0.2) is 35.4 Å². The highest BCUT2D eigenvalue weighted by Crippen LogP contribution is 2.20. The molecule has 0 bridgehead atoms. The van der Waals surface area contributed by atoms with E-state index in [-0.39, 0.29) is 24.5 Å². The molecule has 2 atom stereocenters. The summed E-state index contributed by atoms with van der Waals surface area (Å²) in [5.41, 5.74) is 4.05. The number of ether oxygens (including phenoxy) is 1. The fourth-order valence-electron chi connectivity index (χ4n) is 4.07. The fraction of sp³-hybridized carbons (Fsp3) is 0.333. The number of hydrogen-bond acceptors (Lipinski definition) is 3. The number of nitrogens with one attached hydrogen (secondary N) is 1. The zero-order valence-electron chi connectivity index (χ0n) is 21.5. The number of nitrogens with zero attached hydrogens (tertiary/aromatic N) is 1. The minimum atomic E-state index is -0.685. The van der Waals surface area contributed by atoms with Crippen molar-refractivity contribution in [1.29, 1.82) is 0 Å². The lowest BCUT2D eigenvalue weighted by Gasteiger charge is -2.32. The van der Waals surface area contributed by atoms with Crippen molar-refractivity contribution >= 4 is 27.7 Å². The van der Waals surface area contributed by atoms with Crippen molar-refractivity contribution in [2.75, 3.05) is 6.61 Å². The first-order valence-corrected chi connectivity index (χ1v) is 13.1. The second-order valence-corrected chi connectivity index (χ2v) is 10.2. The normalized spacial score (nSPS) is 12.5. The van der Waals surface area contributed by atoms with Crippen LogP contribution in [0.25, 0.3) is 0 Å². The summed E-state index contributed by atoms with van der Waals surface area (Å²) in [6, 6.07) is 22.8. The summed E-state index contributed by atoms with van der Waals surface area (Å²) in [4.78, 5) is 28.9. The number of amides is 2. The smallest absolute Gasteiger partial charge is 0.261 e. The molecule has 36 heavy (non-hydrogen) atoms. The van der Waals surface area contributed by atoms with Gasteiger partial charge in [0.25, 0.3) is 5.91 Å². The predicted molar refractivity (Wildman–Crippen MR) is 148 cm³/mol. The molecule has 0 aliphatic carbocycles. The number of hydrogen-bond donors (Lipinski definition) is 1. The van der Waals surface area contributed by atoms with Crippen molar-refractivity contribution in [1.82, 2.24) is 10.2 Å². The van der Waals surface area contributed by atoms with Crippen molar-refractivity contribution in [2.45, 2.75) is 59.2 Å². The highest BCUT2D eigenvalue weighted by molar-refractivity contribution is 9.10. The Morgan fingerprint density at radius 2 is 1.61 bits per heavy atom. The highest BCUT2D eigenvalue weighted by Gasteiger charge is 2.31. The quantitative estimate of drug-likeness (QED) is 0.318. The van der Waals surface area contributed by atoms with Gasteiger partial charge in [-0.1, -0.05) is 71.4 Å². The molecule has 1 N–H and O–H groups in total. The van der Waals surface area contributed by atoms with Gasteiger partial charge in [0.2, 0.25) is 5.91 Å². The molecule has 190 valence electrons. The van der Waals surface area contributed by atoms with Gasteiger partial charge >= 0.3 is 0 Å². The van der Waals surface area contributed by atoms with Gasteiger partial charge in [0.15, 0.2) is 6.61 Å². The molecule has 0 spiro atoms. The lowest BCUT2D eigenvalue weighted by molar-refractivity contribution is -0.143. The van der Waals surface area contributed by atoms with E-state index < -0.39 is 6.04 Å². The Balaban J connectivity index is 1.92. The van der Waals surface area contributed by atoms with E-state index in [1.807, 2.05) is 94.4 Å². The Hall–Kier alpha value is -3.12. The second kappa shape index (κ2) is 13.3. The third-order valence-corrected chi connectivity index (χ3v) is 6.56. The first-order valence-electron chi connectivity index (χ1n) is 12.3. The lowest BCUT2D eigenvalue weighted by Crippen LogP contribution is -2.53. The molecule has 3 aromatic rings. The molecule has 0 heterocycles. The van der Waals surface area contributed by atoms with Crippen LogP contribution in [0.2, 0.25) is 0 Å². The minimum Gasteiger partial charge on any atom is -0.484 e. The Morgan fingerprint density at radius 1 is 0.944 bits per heavy atom. The molecule has 0 saturated carbocycles. The molecule has 0 fully saturated rings. The predicted octanol–water partition coefficient (Wildman–Crippen LogP) is 6.00. The van der Waals surface area contributed by atoms with E-state index in [1.54, 1.807) is 4.90 Å². The van der Waals surface area contributed by atoms with E-state index in [1.165, 1.54) is 0 Å².